The Hall–Kier alpha value is -1.06. The molecule has 2 heterocycles. The zero-order valence-electron chi connectivity index (χ0n) is 12.4. The predicted molar refractivity (Wildman–Crippen MR) is 74.6 cm³/mol. The Labute approximate surface area is 116 Å². The summed E-state index contributed by atoms with van der Waals surface area (Å²) in [5.41, 5.74) is -0.176. The lowest BCUT2D eigenvalue weighted by atomic mass is 10.1. The average Bonchev–Trinajstić information content (AvgIpc) is 2.57. The highest BCUT2D eigenvalue weighted by Crippen LogP contribution is 2.27. The van der Waals surface area contributed by atoms with Gasteiger partial charge >= 0.3 is 0 Å². The van der Waals surface area contributed by atoms with Crippen molar-refractivity contribution in [3.05, 3.63) is 0 Å². The van der Waals surface area contributed by atoms with Crippen molar-refractivity contribution in [1.29, 1.82) is 0 Å². The van der Waals surface area contributed by atoms with Crippen LogP contribution in [0, 0.1) is 5.92 Å². The minimum absolute atomic E-state index is 0.121. The average molecular weight is 266 g/mol. The largest absolute Gasteiger partial charge is 0.342 e. The van der Waals surface area contributed by atoms with Crippen LogP contribution in [0.5, 0.6) is 0 Å². The van der Waals surface area contributed by atoms with Gasteiger partial charge in [-0.1, -0.05) is 12.8 Å². The highest BCUT2D eigenvalue weighted by atomic mass is 16.2. The summed E-state index contributed by atoms with van der Waals surface area (Å²) in [7, 11) is 0. The summed E-state index contributed by atoms with van der Waals surface area (Å²) in [5.74, 6) is 0.201. The second-order valence-electron chi connectivity index (χ2n) is 6.82. The number of amides is 2. The lowest BCUT2D eigenvalue weighted by molar-refractivity contribution is -0.135. The Bertz CT molecular complexity index is 352. The third-order valence-electron chi connectivity index (χ3n) is 4.20. The van der Waals surface area contributed by atoms with Gasteiger partial charge in [0.05, 0.1) is 5.92 Å². The Morgan fingerprint density at radius 2 is 1.68 bits per heavy atom. The number of hydrogen-bond donors (Lipinski definition) is 0. The zero-order chi connectivity index (χ0) is 14.0. The molecule has 0 aromatic carbocycles. The third kappa shape index (κ3) is 3.28. The predicted octanol–water partition coefficient (Wildman–Crippen LogP) is 2.04. The molecule has 0 radical (unpaired) electrons. The molecule has 19 heavy (non-hydrogen) atoms. The van der Waals surface area contributed by atoms with Gasteiger partial charge in [-0.2, -0.15) is 0 Å². The van der Waals surface area contributed by atoms with Gasteiger partial charge in [0.2, 0.25) is 11.8 Å². The third-order valence-corrected chi connectivity index (χ3v) is 4.20. The minimum atomic E-state index is -0.176. The molecule has 4 nitrogen and oxygen atoms in total. The molecule has 1 atom stereocenters. The summed E-state index contributed by atoms with van der Waals surface area (Å²) in [6, 6.07) is 0. The van der Waals surface area contributed by atoms with Gasteiger partial charge in [-0.25, -0.2) is 0 Å². The summed E-state index contributed by atoms with van der Waals surface area (Å²) in [6.45, 7) is 8.44. The van der Waals surface area contributed by atoms with Gasteiger partial charge in [0, 0.05) is 31.6 Å². The van der Waals surface area contributed by atoms with Gasteiger partial charge in [-0.15, -0.1) is 0 Å². The maximum Gasteiger partial charge on any atom is 0.227 e. The van der Waals surface area contributed by atoms with E-state index < -0.39 is 0 Å². The van der Waals surface area contributed by atoms with Crippen LogP contribution in [0.3, 0.4) is 0 Å². The molecular formula is C15H26N2O2. The standard InChI is InChI=1S/C15H26N2O2/c1-15(2,3)17-11-12(10-13(17)18)14(19)16-8-6-4-5-7-9-16/h12H,4-11H2,1-3H3/t12-/m1/s1. The number of carbonyl (C=O) groups excluding carboxylic acids is 2. The van der Waals surface area contributed by atoms with E-state index in [1.807, 2.05) is 30.6 Å². The highest BCUT2D eigenvalue weighted by molar-refractivity contribution is 5.89. The van der Waals surface area contributed by atoms with Crippen molar-refractivity contribution in [3.63, 3.8) is 0 Å². The molecule has 2 aliphatic rings. The van der Waals surface area contributed by atoms with E-state index in [-0.39, 0.29) is 23.3 Å². The molecule has 0 spiro atoms. The van der Waals surface area contributed by atoms with Crippen molar-refractivity contribution in [3.8, 4) is 0 Å². The first-order chi connectivity index (χ1) is 8.89. The molecule has 2 rings (SSSR count). The van der Waals surface area contributed by atoms with Crippen LogP contribution in [0.2, 0.25) is 0 Å². The molecular weight excluding hydrogens is 240 g/mol. The number of rotatable bonds is 1. The summed E-state index contributed by atoms with van der Waals surface area (Å²) < 4.78 is 0. The smallest absolute Gasteiger partial charge is 0.227 e. The number of nitrogens with zero attached hydrogens (tertiary/aromatic N) is 2. The van der Waals surface area contributed by atoms with Crippen LogP contribution in [0.1, 0.15) is 52.9 Å². The molecule has 2 amide bonds. The van der Waals surface area contributed by atoms with Gasteiger partial charge in [0.15, 0.2) is 0 Å². The van der Waals surface area contributed by atoms with E-state index in [2.05, 4.69) is 0 Å². The Kier molecular flexibility index (Phi) is 4.16. The molecule has 4 heteroatoms. The van der Waals surface area contributed by atoms with Crippen LogP contribution in [0.4, 0.5) is 0 Å². The Morgan fingerprint density at radius 1 is 1.11 bits per heavy atom. The monoisotopic (exact) mass is 266 g/mol. The molecule has 0 saturated carbocycles. The lowest BCUT2D eigenvalue weighted by Gasteiger charge is -2.32. The van der Waals surface area contributed by atoms with E-state index in [9.17, 15) is 9.59 Å². The van der Waals surface area contributed by atoms with Crippen molar-refractivity contribution in [1.82, 2.24) is 9.80 Å². The Balaban J connectivity index is 1.99. The van der Waals surface area contributed by atoms with Crippen molar-refractivity contribution >= 4 is 11.8 Å². The van der Waals surface area contributed by atoms with Gasteiger partial charge in [-0.05, 0) is 33.6 Å². The van der Waals surface area contributed by atoms with Crippen molar-refractivity contribution in [2.24, 2.45) is 5.92 Å². The molecule has 0 N–H and O–H groups in total. The van der Waals surface area contributed by atoms with Gasteiger partial charge < -0.3 is 9.80 Å². The van der Waals surface area contributed by atoms with E-state index >= 15 is 0 Å². The van der Waals surface area contributed by atoms with E-state index in [1.165, 1.54) is 12.8 Å². The summed E-state index contributed by atoms with van der Waals surface area (Å²) in [4.78, 5) is 28.4. The first-order valence-corrected chi connectivity index (χ1v) is 7.49. The van der Waals surface area contributed by atoms with Gasteiger partial charge in [-0.3, -0.25) is 9.59 Å². The summed E-state index contributed by atoms with van der Waals surface area (Å²) >= 11 is 0. The number of likely N-dealkylation sites (tertiary alicyclic amines) is 2. The van der Waals surface area contributed by atoms with Crippen molar-refractivity contribution in [2.45, 2.75) is 58.4 Å². The quantitative estimate of drug-likeness (QED) is 0.728. The highest BCUT2D eigenvalue weighted by Gasteiger charge is 2.40. The molecule has 0 unspecified atom stereocenters. The van der Waals surface area contributed by atoms with Crippen molar-refractivity contribution in [2.75, 3.05) is 19.6 Å². The molecule has 0 aliphatic carbocycles. The number of hydrogen-bond acceptors (Lipinski definition) is 2. The van der Waals surface area contributed by atoms with Crippen LogP contribution in [-0.2, 0) is 9.59 Å². The first kappa shape index (κ1) is 14.4. The second kappa shape index (κ2) is 5.51. The molecule has 2 fully saturated rings. The lowest BCUT2D eigenvalue weighted by Crippen LogP contribution is -2.43. The van der Waals surface area contributed by atoms with Crippen LogP contribution in [0.15, 0.2) is 0 Å². The SMILES string of the molecule is CC(C)(C)N1C[C@H](C(=O)N2CCCCCC2)CC1=O. The topological polar surface area (TPSA) is 40.6 Å². The van der Waals surface area contributed by atoms with E-state index in [0.717, 1.165) is 25.9 Å². The molecule has 0 aromatic rings. The molecule has 0 aromatic heterocycles. The first-order valence-electron chi connectivity index (χ1n) is 7.49. The molecule has 108 valence electrons. The molecule has 2 saturated heterocycles. The molecule has 0 bridgehead atoms. The Morgan fingerprint density at radius 3 is 2.16 bits per heavy atom. The van der Waals surface area contributed by atoms with Gasteiger partial charge in [0.1, 0.15) is 0 Å². The molecule has 2 aliphatic heterocycles. The normalized spacial score (nSPS) is 25.6. The van der Waals surface area contributed by atoms with Crippen LogP contribution in [0.25, 0.3) is 0 Å². The second-order valence-corrected chi connectivity index (χ2v) is 6.82. The zero-order valence-corrected chi connectivity index (χ0v) is 12.4. The van der Waals surface area contributed by atoms with Crippen LogP contribution >= 0.6 is 0 Å². The summed E-state index contributed by atoms with van der Waals surface area (Å²) in [5, 5.41) is 0. The maximum absolute atomic E-state index is 12.5. The van der Waals surface area contributed by atoms with Gasteiger partial charge in [0.25, 0.3) is 0 Å². The van der Waals surface area contributed by atoms with E-state index in [4.69, 9.17) is 0 Å². The fourth-order valence-corrected chi connectivity index (χ4v) is 3.07. The fourth-order valence-electron chi connectivity index (χ4n) is 3.07. The van der Waals surface area contributed by atoms with Crippen LogP contribution < -0.4 is 0 Å². The van der Waals surface area contributed by atoms with Crippen LogP contribution in [-0.4, -0.2) is 46.8 Å². The summed E-state index contributed by atoms with van der Waals surface area (Å²) in [6.07, 6.45) is 5.06. The maximum atomic E-state index is 12.5. The van der Waals surface area contributed by atoms with E-state index in [0.29, 0.717) is 13.0 Å². The fraction of sp³-hybridized carbons (Fsp3) is 0.867. The number of carbonyl (C=O) groups is 2. The minimum Gasteiger partial charge on any atom is -0.342 e. The van der Waals surface area contributed by atoms with Crippen molar-refractivity contribution < 1.29 is 9.59 Å². The van der Waals surface area contributed by atoms with E-state index in [1.54, 1.807) is 0 Å².